The van der Waals surface area contributed by atoms with E-state index >= 15 is 0 Å². The van der Waals surface area contributed by atoms with Gasteiger partial charge in [0.2, 0.25) is 5.91 Å². The van der Waals surface area contributed by atoms with Gasteiger partial charge in [0.15, 0.2) is 0 Å². The minimum absolute atomic E-state index is 0.0402. The first kappa shape index (κ1) is 31.7. The lowest BCUT2D eigenvalue weighted by Gasteiger charge is -2.61. The summed E-state index contributed by atoms with van der Waals surface area (Å²) in [4.78, 5) is 30.6. The normalized spacial score (nSPS) is 37.8. The summed E-state index contributed by atoms with van der Waals surface area (Å²) in [7, 11) is 6.12. The Balaban J connectivity index is 1.44. The lowest BCUT2D eigenvalue weighted by Crippen LogP contribution is -2.56. The van der Waals surface area contributed by atoms with Gasteiger partial charge < -0.3 is 20.9 Å². The first-order chi connectivity index (χ1) is 19.1. The van der Waals surface area contributed by atoms with Gasteiger partial charge in [-0.3, -0.25) is 9.69 Å². The second kappa shape index (κ2) is 13.4. The molecule has 4 aliphatic rings. The van der Waals surface area contributed by atoms with Crippen molar-refractivity contribution in [3.63, 3.8) is 0 Å². The van der Waals surface area contributed by atoms with Crippen molar-refractivity contribution in [1.82, 2.24) is 25.8 Å². The van der Waals surface area contributed by atoms with Crippen molar-refractivity contribution in [2.45, 2.75) is 97.9 Å². The molecule has 0 radical (unpaired) electrons. The quantitative estimate of drug-likeness (QED) is 0.312. The van der Waals surface area contributed by atoms with E-state index in [0.717, 1.165) is 56.1 Å². The molecule has 0 aliphatic heterocycles. The van der Waals surface area contributed by atoms with E-state index in [9.17, 15) is 9.59 Å². The molecule has 0 aromatic carbocycles. The fourth-order valence-electron chi connectivity index (χ4n) is 10.2. The summed E-state index contributed by atoms with van der Waals surface area (Å²) in [6.07, 6.45) is 12.6. The summed E-state index contributed by atoms with van der Waals surface area (Å²) in [5.74, 6) is 3.52. The van der Waals surface area contributed by atoms with Gasteiger partial charge in [0.1, 0.15) is 0 Å². The summed E-state index contributed by atoms with van der Waals surface area (Å²) < 4.78 is 0. The zero-order chi connectivity index (χ0) is 29.1. The minimum atomic E-state index is -0.219. The van der Waals surface area contributed by atoms with Crippen LogP contribution in [-0.4, -0.2) is 81.6 Å². The third kappa shape index (κ3) is 6.27. The van der Waals surface area contributed by atoms with Crippen molar-refractivity contribution in [2.75, 3.05) is 53.9 Å². The van der Waals surface area contributed by atoms with Gasteiger partial charge in [0.25, 0.3) is 0 Å². The van der Waals surface area contributed by atoms with Gasteiger partial charge in [0.05, 0.1) is 0 Å². The molecule has 3 N–H and O–H groups in total. The Hall–Kier alpha value is -1.18. The average molecular weight is 560 g/mol. The molecule has 0 aromatic heterocycles. The van der Waals surface area contributed by atoms with E-state index < -0.39 is 0 Å². The second-order valence-electron chi connectivity index (χ2n) is 14.7. The topological polar surface area (TPSA) is 76.7 Å². The highest BCUT2D eigenvalue weighted by atomic mass is 16.2. The van der Waals surface area contributed by atoms with Crippen LogP contribution in [0.3, 0.4) is 0 Å². The number of likely N-dealkylation sites (N-methyl/N-ethyl adjacent to an activating group) is 1. The molecule has 0 aromatic rings. The first-order valence-corrected chi connectivity index (χ1v) is 16.7. The predicted molar refractivity (Wildman–Crippen MR) is 164 cm³/mol. The maximum atomic E-state index is 13.9. The fraction of sp³-hybridized carbons (Fsp3) is 0.939. The minimum Gasteiger partial charge on any atom is -0.338 e. The van der Waals surface area contributed by atoms with E-state index in [1.165, 1.54) is 56.3 Å². The number of nitrogens with zero attached hydrogens (tertiary/aromatic N) is 2. The van der Waals surface area contributed by atoms with Gasteiger partial charge in [0, 0.05) is 38.1 Å². The van der Waals surface area contributed by atoms with Crippen molar-refractivity contribution in [3.05, 3.63) is 0 Å². The molecule has 5 unspecified atom stereocenters. The molecular weight excluding hydrogens is 498 g/mol. The van der Waals surface area contributed by atoms with Gasteiger partial charge in [-0.25, -0.2) is 4.79 Å². The number of imide groups is 1. The third-order valence-electron chi connectivity index (χ3n) is 12.4. The van der Waals surface area contributed by atoms with E-state index in [0.29, 0.717) is 30.5 Å². The Morgan fingerprint density at radius 3 is 2.35 bits per heavy atom. The Bertz CT molecular complexity index is 866. The van der Waals surface area contributed by atoms with Gasteiger partial charge in [-0.05, 0) is 139 Å². The van der Waals surface area contributed by atoms with Gasteiger partial charge in [-0.2, -0.15) is 0 Å². The third-order valence-corrected chi connectivity index (χ3v) is 12.4. The number of hydrogen-bond acceptors (Lipinski definition) is 5. The van der Waals surface area contributed by atoms with Crippen LogP contribution in [0.4, 0.5) is 4.79 Å². The van der Waals surface area contributed by atoms with Gasteiger partial charge in [-0.1, -0.05) is 20.8 Å². The van der Waals surface area contributed by atoms with Crippen LogP contribution in [-0.2, 0) is 4.79 Å². The standard InChI is InChI=1S/C33H61N5O2/c1-8-35-31(40)38(21-9-20-37(6)7)30(39)23(2)27-12-13-28-26-11-10-24-22-25(36-19-18-34-5)14-16-32(24,3)29(26)15-17-33(27,28)4/h23-29,34,36H,8-22H2,1-7H3,(H,35,40)/t23?,24-,25-,26?,27+,28?,29?,32?,33+/m0/s1. The first-order valence-electron chi connectivity index (χ1n) is 16.7. The highest BCUT2D eigenvalue weighted by molar-refractivity contribution is 5.95. The van der Waals surface area contributed by atoms with Crippen LogP contribution >= 0.6 is 0 Å². The van der Waals surface area contributed by atoms with Crippen molar-refractivity contribution in [3.8, 4) is 0 Å². The largest absolute Gasteiger partial charge is 0.338 e. The van der Waals surface area contributed by atoms with Crippen molar-refractivity contribution >= 4 is 11.9 Å². The summed E-state index contributed by atoms with van der Waals surface area (Å²) >= 11 is 0. The Morgan fingerprint density at radius 2 is 1.65 bits per heavy atom. The molecule has 3 amide bonds. The fourth-order valence-corrected chi connectivity index (χ4v) is 10.2. The van der Waals surface area contributed by atoms with E-state index in [2.05, 4.69) is 41.6 Å². The molecule has 4 rings (SSSR count). The second-order valence-corrected chi connectivity index (χ2v) is 14.7. The number of carbonyl (C=O) groups is 2. The lowest BCUT2D eigenvalue weighted by atomic mass is 9.44. The molecule has 4 aliphatic carbocycles. The smallest absolute Gasteiger partial charge is 0.324 e. The van der Waals surface area contributed by atoms with Crippen molar-refractivity contribution in [1.29, 1.82) is 0 Å². The number of carbonyl (C=O) groups excluding carboxylic acids is 2. The maximum absolute atomic E-state index is 13.9. The lowest BCUT2D eigenvalue weighted by molar-refractivity contribution is -0.140. The SMILES string of the molecule is CCNC(=O)N(CCCN(C)C)C(=O)C(C)[C@H]1CCC2C3CC[C@H]4C[C@@H](NCCNC)CCC4(C)C3CC[C@@]21C. The molecule has 0 bridgehead atoms. The van der Waals surface area contributed by atoms with Gasteiger partial charge >= 0.3 is 6.03 Å². The van der Waals surface area contributed by atoms with E-state index in [1.807, 2.05) is 28.1 Å². The number of amides is 3. The number of nitrogens with one attached hydrogen (secondary N) is 3. The van der Waals surface area contributed by atoms with E-state index in [-0.39, 0.29) is 23.3 Å². The predicted octanol–water partition coefficient (Wildman–Crippen LogP) is 4.97. The van der Waals surface area contributed by atoms with E-state index in [4.69, 9.17) is 0 Å². The maximum Gasteiger partial charge on any atom is 0.324 e. The van der Waals surface area contributed by atoms with Crippen LogP contribution in [0.5, 0.6) is 0 Å². The number of rotatable bonds is 11. The molecule has 4 saturated carbocycles. The van der Waals surface area contributed by atoms with Crippen molar-refractivity contribution in [2.24, 2.45) is 46.3 Å². The van der Waals surface area contributed by atoms with Crippen LogP contribution in [0, 0.1) is 46.3 Å². The summed E-state index contributed by atoms with van der Waals surface area (Å²) in [6.45, 7) is 13.3. The zero-order valence-electron chi connectivity index (χ0n) is 26.9. The van der Waals surface area contributed by atoms with Crippen LogP contribution in [0.25, 0.3) is 0 Å². The van der Waals surface area contributed by atoms with E-state index in [1.54, 1.807) is 0 Å². The van der Waals surface area contributed by atoms with Gasteiger partial charge in [-0.15, -0.1) is 0 Å². The number of hydrogen-bond donors (Lipinski definition) is 3. The van der Waals surface area contributed by atoms with Crippen LogP contribution in [0.1, 0.15) is 91.9 Å². The number of urea groups is 1. The zero-order valence-corrected chi connectivity index (χ0v) is 26.9. The number of fused-ring (bicyclic) bond motifs is 5. The molecular formula is C33H61N5O2. The van der Waals surface area contributed by atoms with Crippen LogP contribution in [0.15, 0.2) is 0 Å². The highest BCUT2D eigenvalue weighted by Gasteiger charge is 2.61. The van der Waals surface area contributed by atoms with Crippen molar-refractivity contribution < 1.29 is 9.59 Å². The van der Waals surface area contributed by atoms with Crippen LogP contribution in [0.2, 0.25) is 0 Å². The molecule has 0 spiro atoms. The summed E-state index contributed by atoms with van der Waals surface area (Å²) in [5, 5.41) is 10.0. The molecule has 0 saturated heterocycles. The molecule has 9 atom stereocenters. The average Bonchev–Trinajstić information content (AvgIpc) is 3.27. The molecule has 4 fully saturated rings. The summed E-state index contributed by atoms with van der Waals surface area (Å²) in [5.41, 5.74) is 0.689. The molecule has 7 heteroatoms. The Morgan fingerprint density at radius 1 is 0.925 bits per heavy atom. The Labute approximate surface area is 245 Å². The highest BCUT2D eigenvalue weighted by Crippen LogP contribution is 2.68. The monoisotopic (exact) mass is 559 g/mol. The Kier molecular flexibility index (Phi) is 10.6. The summed E-state index contributed by atoms with van der Waals surface area (Å²) in [6, 6.07) is 0.467. The molecule has 40 heavy (non-hydrogen) atoms. The molecule has 230 valence electrons. The molecule has 0 heterocycles. The van der Waals surface area contributed by atoms with Crippen LogP contribution < -0.4 is 16.0 Å². The molecule has 7 nitrogen and oxygen atoms in total.